The van der Waals surface area contributed by atoms with Crippen molar-refractivity contribution in [2.24, 2.45) is 5.41 Å². The maximum absolute atomic E-state index is 13.0. The van der Waals surface area contributed by atoms with Crippen molar-refractivity contribution < 1.29 is 9.90 Å². The van der Waals surface area contributed by atoms with E-state index in [0.717, 1.165) is 64.1 Å². The standard InChI is InChI=1S/C21H31N3O2/c1-17(2)8-10-21(16-25)9-6-14-24(15-21)19-18(7-5-11-22-19)20(26)23-12-3-4-13-23/h5,7-8,11,25H,3-4,6,9-10,12-16H2,1-2H3/t21-/m1/s1. The van der Waals surface area contributed by atoms with Gasteiger partial charge in [-0.15, -0.1) is 0 Å². The van der Waals surface area contributed by atoms with Gasteiger partial charge in [0.1, 0.15) is 5.82 Å². The Labute approximate surface area is 156 Å². The number of hydrogen-bond donors (Lipinski definition) is 1. The van der Waals surface area contributed by atoms with Crippen LogP contribution in [0.5, 0.6) is 0 Å². The summed E-state index contributed by atoms with van der Waals surface area (Å²) in [5, 5.41) is 10.1. The molecule has 0 aromatic carbocycles. The van der Waals surface area contributed by atoms with E-state index in [1.54, 1.807) is 6.20 Å². The molecule has 1 aromatic rings. The fourth-order valence-corrected chi connectivity index (χ4v) is 4.08. The first-order valence-corrected chi connectivity index (χ1v) is 9.78. The summed E-state index contributed by atoms with van der Waals surface area (Å²) in [6.45, 7) is 7.66. The van der Waals surface area contributed by atoms with Gasteiger partial charge in [-0.1, -0.05) is 11.6 Å². The van der Waals surface area contributed by atoms with E-state index >= 15 is 0 Å². The van der Waals surface area contributed by atoms with E-state index in [0.29, 0.717) is 5.56 Å². The van der Waals surface area contributed by atoms with Crippen LogP contribution in [0, 0.1) is 5.41 Å². The molecule has 0 radical (unpaired) electrons. The number of hydrogen-bond acceptors (Lipinski definition) is 4. The summed E-state index contributed by atoms with van der Waals surface area (Å²) in [6, 6.07) is 3.74. The Morgan fingerprint density at radius 2 is 2.04 bits per heavy atom. The van der Waals surface area contributed by atoms with Crippen LogP contribution in [0.2, 0.25) is 0 Å². The zero-order valence-corrected chi connectivity index (χ0v) is 16.1. The normalized spacial score (nSPS) is 23.2. The van der Waals surface area contributed by atoms with E-state index in [1.807, 2.05) is 17.0 Å². The molecule has 26 heavy (non-hydrogen) atoms. The van der Waals surface area contributed by atoms with Crippen molar-refractivity contribution in [2.45, 2.75) is 46.0 Å². The second-order valence-corrected chi connectivity index (χ2v) is 8.04. The molecule has 5 heteroatoms. The summed E-state index contributed by atoms with van der Waals surface area (Å²) in [5.41, 5.74) is 1.82. The molecular formula is C21H31N3O2. The number of aromatic nitrogens is 1. The van der Waals surface area contributed by atoms with Crippen molar-refractivity contribution in [3.8, 4) is 0 Å². The second-order valence-electron chi connectivity index (χ2n) is 8.04. The summed E-state index contributed by atoms with van der Waals surface area (Å²) in [7, 11) is 0. The maximum Gasteiger partial charge on any atom is 0.257 e. The lowest BCUT2D eigenvalue weighted by molar-refractivity contribution is 0.0791. The topological polar surface area (TPSA) is 56.7 Å². The van der Waals surface area contributed by atoms with Crippen LogP contribution in [0.15, 0.2) is 30.0 Å². The molecule has 1 aromatic heterocycles. The predicted octanol–water partition coefficient (Wildman–Crippen LogP) is 3.25. The number of anilines is 1. The molecule has 1 N–H and O–H groups in total. The molecule has 5 nitrogen and oxygen atoms in total. The fourth-order valence-electron chi connectivity index (χ4n) is 4.08. The average Bonchev–Trinajstić information content (AvgIpc) is 3.21. The predicted molar refractivity (Wildman–Crippen MR) is 104 cm³/mol. The molecule has 2 saturated heterocycles. The minimum atomic E-state index is -0.152. The van der Waals surface area contributed by atoms with Gasteiger partial charge in [-0.25, -0.2) is 4.98 Å². The molecule has 2 aliphatic rings. The van der Waals surface area contributed by atoms with Gasteiger partial charge in [0.15, 0.2) is 0 Å². The number of amides is 1. The molecule has 142 valence electrons. The quantitative estimate of drug-likeness (QED) is 0.822. The van der Waals surface area contributed by atoms with Crippen LogP contribution in [0.3, 0.4) is 0 Å². The minimum Gasteiger partial charge on any atom is -0.396 e. The Kier molecular flexibility index (Phi) is 5.97. The van der Waals surface area contributed by atoms with Gasteiger partial charge in [0.25, 0.3) is 5.91 Å². The van der Waals surface area contributed by atoms with E-state index in [1.165, 1.54) is 5.57 Å². The van der Waals surface area contributed by atoms with Crippen molar-refractivity contribution in [3.63, 3.8) is 0 Å². The molecule has 0 aliphatic carbocycles. The van der Waals surface area contributed by atoms with Crippen LogP contribution >= 0.6 is 0 Å². The smallest absolute Gasteiger partial charge is 0.257 e. The highest BCUT2D eigenvalue weighted by atomic mass is 16.3. The molecule has 1 atom stereocenters. The number of carbonyl (C=O) groups is 1. The summed E-state index contributed by atoms with van der Waals surface area (Å²) < 4.78 is 0. The lowest BCUT2D eigenvalue weighted by atomic mass is 9.77. The maximum atomic E-state index is 13.0. The Morgan fingerprint density at radius 3 is 2.73 bits per heavy atom. The first-order chi connectivity index (χ1) is 12.5. The Bertz CT molecular complexity index is 663. The third kappa shape index (κ3) is 4.09. The van der Waals surface area contributed by atoms with Crippen molar-refractivity contribution in [2.75, 3.05) is 37.7 Å². The van der Waals surface area contributed by atoms with Gasteiger partial charge in [0.05, 0.1) is 12.2 Å². The molecule has 0 spiro atoms. The summed E-state index contributed by atoms with van der Waals surface area (Å²) in [4.78, 5) is 21.7. The second kappa shape index (κ2) is 8.21. The lowest BCUT2D eigenvalue weighted by Crippen LogP contribution is -2.46. The number of nitrogens with zero attached hydrogens (tertiary/aromatic N) is 3. The highest BCUT2D eigenvalue weighted by Gasteiger charge is 2.36. The monoisotopic (exact) mass is 357 g/mol. The number of allylic oxidation sites excluding steroid dienone is 2. The number of pyridine rings is 1. The molecule has 3 rings (SSSR count). The Morgan fingerprint density at radius 1 is 1.27 bits per heavy atom. The van der Waals surface area contributed by atoms with Gasteiger partial charge in [-0.05, 0) is 58.1 Å². The van der Waals surface area contributed by atoms with E-state index in [4.69, 9.17) is 0 Å². The van der Waals surface area contributed by atoms with Gasteiger partial charge in [-0.2, -0.15) is 0 Å². The van der Waals surface area contributed by atoms with Crippen molar-refractivity contribution in [3.05, 3.63) is 35.5 Å². The van der Waals surface area contributed by atoms with Gasteiger partial charge in [0, 0.05) is 37.8 Å². The van der Waals surface area contributed by atoms with Crippen LogP contribution in [0.1, 0.15) is 56.3 Å². The van der Waals surface area contributed by atoms with Crippen molar-refractivity contribution in [1.29, 1.82) is 0 Å². The van der Waals surface area contributed by atoms with E-state index < -0.39 is 0 Å². The van der Waals surface area contributed by atoms with Crippen LogP contribution in [-0.2, 0) is 0 Å². The average molecular weight is 357 g/mol. The molecular weight excluding hydrogens is 326 g/mol. The molecule has 2 fully saturated rings. The summed E-state index contributed by atoms with van der Waals surface area (Å²) in [5.74, 6) is 0.870. The van der Waals surface area contributed by atoms with Crippen molar-refractivity contribution >= 4 is 11.7 Å². The molecule has 0 saturated carbocycles. The first kappa shape index (κ1) is 18.9. The van der Waals surface area contributed by atoms with Crippen molar-refractivity contribution in [1.82, 2.24) is 9.88 Å². The van der Waals surface area contributed by atoms with Crippen LogP contribution in [0.4, 0.5) is 5.82 Å². The fraction of sp³-hybridized carbons (Fsp3) is 0.619. The number of carbonyl (C=O) groups excluding carboxylic acids is 1. The van der Waals surface area contributed by atoms with Gasteiger partial charge >= 0.3 is 0 Å². The lowest BCUT2D eigenvalue weighted by Gasteiger charge is -2.42. The third-order valence-electron chi connectivity index (χ3n) is 5.65. The highest BCUT2D eigenvalue weighted by Crippen LogP contribution is 2.36. The first-order valence-electron chi connectivity index (χ1n) is 9.78. The Hall–Kier alpha value is -1.88. The van der Waals surface area contributed by atoms with Gasteiger partial charge in [0.2, 0.25) is 0 Å². The molecule has 3 heterocycles. The van der Waals surface area contributed by atoms with Crippen LogP contribution in [-0.4, -0.2) is 53.7 Å². The molecule has 1 amide bonds. The molecule has 0 bridgehead atoms. The summed E-state index contributed by atoms with van der Waals surface area (Å²) >= 11 is 0. The highest BCUT2D eigenvalue weighted by molar-refractivity contribution is 5.99. The van der Waals surface area contributed by atoms with Gasteiger partial charge < -0.3 is 14.9 Å². The third-order valence-corrected chi connectivity index (χ3v) is 5.65. The number of aliphatic hydroxyl groups excluding tert-OH is 1. The number of likely N-dealkylation sites (tertiary alicyclic amines) is 1. The SMILES string of the molecule is CC(C)=CC[C@]1(CO)CCCN(c2ncccc2C(=O)N2CCCC2)C1. The van der Waals surface area contributed by atoms with E-state index in [9.17, 15) is 9.90 Å². The minimum absolute atomic E-state index is 0.0927. The zero-order chi connectivity index (χ0) is 18.6. The van der Waals surface area contributed by atoms with Crippen LogP contribution < -0.4 is 4.90 Å². The number of piperidine rings is 1. The van der Waals surface area contributed by atoms with E-state index in [2.05, 4.69) is 29.8 Å². The number of rotatable bonds is 5. The number of aliphatic hydroxyl groups is 1. The molecule has 0 unspecified atom stereocenters. The zero-order valence-electron chi connectivity index (χ0n) is 16.1. The Balaban J connectivity index is 1.84. The summed E-state index contributed by atoms with van der Waals surface area (Å²) in [6.07, 6.45) is 9.03. The largest absolute Gasteiger partial charge is 0.396 e. The van der Waals surface area contributed by atoms with E-state index in [-0.39, 0.29) is 17.9 Å². The molecule has 2 aliphatic heterocycles. The van der Waals surface area contributed by atoms with Crippen LogP contribution in [0.25, 0.3) is 0 Å². The van der Waals surface area contributed by atoms with Gasteiger partial charge in [-0.3, -0.25) is 4.79 Å².